The van der Waals surface area contributed by atoms with E-state index in [4.69, 9.17) is 0 Å². The molecule has 0 saturated heterocycles. The Balaban J connectivity index is 2.40. The van der Waals surface area contributed by atoms with E-state index in [1.165, 1.54) is 5.56 Å². The molecule has 0 aromatic carbocycles. The molecule has 1 aromatic heterocycles. The van der Waals surface area contributed by atoms with Gasteiger partial charge in [0.15, 0.2) is 0 Å². The molecule has 0 spiro atoms. The Labute approximate surface area is 81.0 Å². The molecule has 0 radical (unpaired) electrons. The molecule has 1 heterocycles. The van der Waals surface area contributed by atoms with E-state index in [1.54, 1.807) is 0 Å². The monoisotopic (exact) mass is 180 g/mol. The molecule has 1 aromatic rings. The lowest BCUT2D eigenvalue weighted by atomic mass is 10.1. The lowest BCUT2D eigenvalue weighted by molar-refractivity contribution is 0.487. The second-order valence-electron chi connectivity index (χ2n) is 4.11. The summed E-state index contributed by atoms with van der Waals surface area (Å²) in [5.41, 5.74) is 1.41. The van der Waals surface area contributed by atoms with Crippen molar-refractivity contribution in [3.63, 3.8) is 0 Å². The van der Waals surface area contributed by atoms with Crippen LogP contribution in [0.3, 0.4) is 0 Å². The Bertz CT molecular complexity index is 250. The van der Waals surface area contributed by atoms with Crippen molar-refractivity contribution in [1.29, 1.82) is 0 Å². The highest BCUT2D eigenvalue weighted by Crippen LogP contribution is 2.03. The zero-order chi connectivity index (χ0) is 9.84. The van der Waals surface area contributed by atoms with Crippen LogP contribution in [0.1, 0.15) is 26.3 Å². The maximum absolute atomic E-state index is 3.49. The van der Waals surface area contributed by atoms with Gasteiger partial charge in [0.25, 0.3) is 0 Å². The number of aromatic nitrogens is 1. The number of nitrogens with zero attached hydrogens (tertiary/aromatic N) is 1. The first kappa shape index (κ1) is 10.3. The molecule has 0 fully saturated rings. The van der Waals surface area contributed by atoms with Crippen LogP contribution >= 0.6 is 0 Å². The summed E-state index contributed by atoms with van der Waals surface area (Å²) in [5.74, 6) is 0. The van der Waals surface area contributed by atoms with E-state index in [2.05, 4.69) is 56.2 Å². The van der Waals surface area contributed by atoms with Crippen molar-refractivity contribution in [2.45, 2.75) is 39.3 Å². The predicted octanol–water partition coefficient (Wildman–Crippen LogP) is 1.95. The van der Waals surface area contributed by atoms with Gasteiger partial charge in [0, 0.05) is 31.5 Å². The predicted molar refractivity (Wildman–Crippen MR) is 56.9 cm³/mol. The van der Waals surface area contributed by atoms with Crippen LogP contribution in [0.15, 0.2) is 18.5 Å². The zero-order valence-electron chi connectivity index (χ0n) is 9.04. The topological polar surface area (TPSA) is 17.0 Å². The number of aryl methyl sites for hydroxylation is 1. The van der Waals surface area contributed by atoms with Crippen LogP contribution in [-0.2, 0) is 13.5 Å². The summed E-state index contributed by atoms with van der Waals surface area (Å²) in [5, 5.41) is 3.49. The van der Waals surface area contributed by atoms with Crippen molar-refractivity contribution >= 4 is 0 Å². The maximum atomic E-state index is 3.49. The third-order valence-electron chi connectivity index (χ3n) is 2.05. The summed E-state index contributed by atoms with van der Waals surface area (Å²) in [6.07, 6.45) is 5.38. The molecular formula is C11H20N2. The molecule has 2 heteroatoms. The van der Waals surface area contributed by atoms with Gasteiger partial charge in [-0.1, -0.05) is 13.8 Å². The van der Waals surface area contributed by atoms with Crippen molar-refractivity contribution in [2.24, 2.45) is 7.05 Å². The van der Waals surface area contributed by atoms with Gasteiger partial charge in [-0.05, 0) is 25.0 Å². The molecule has 1 atom stereocenters. The molecule has 0 amide bonds. The fraction of sp³-hybridized carbons (Fsp3) is 0.636. The summed E-state index contributed by atoms with van der Waals surface area (Å²) in [6, 6.07) is 3.31. The van der Waals surface area contributed by atoms with Crippen molar-refractivity contribution < 1.29 is 0 Å². The minimum absolute atomic E-state index is 0.558. The van der Waals surface area contributed by atoms with Crippen LogP contribution in [0.2, 0.25) is 0 Å². The van der Waals surface area contributed by atoms with Gasteiger partial charge in [-0.15, -0.1) is 0 Å². The Morgan fingerprint density at radius 3 is 2.54 bits per heavy atom. The van der Waals surface area contributed by atoms with Crippen molar-refractivity contribution in [3.05, 3.63) is 24.0 Å². The average Bonchev–Trinajstić information content (AvgIpc) is 2.33. The molecule has 1 unspecified atom stereocenters. The van der Waals surface area contributed by atoms with E-state index in [9.17, 15) is 0 Å². The Hall–Kier alpha value is -0.760. The smallest absolute Gasteiger partial charge is 0.0106 e. The lowest BCUT2D eigenvalue weighted by Crippen LogP contribution is -2.33. The van der Waals surface area contributed by atoms with Gasteiger partial charge in [0.1, 0.15) is 0 Å². The van der Waals surface area contributed by atoms with Gasteiger partial charge in [-0.2, -0.15) is 0 Å². The van der Waals surface area contributed by atoms with Gasteiger partial charge in [-0.25, -0.2) is 0 Å². The molecule has 0 bridgehead atoms. The largest absolute Gasteiger partial charge is 0.357 e. The standard InChI is InChI=1S/C11H20N2/c1-9(2)12-10(3)7-11-5-6-13(4)8-11/h5-6,8-10,12H,7H2,1-4H3. The van der Waals surface area contributed by atoms with Crippen molar-refractivity contribution in [3.8, 4) is 0 Å². The van der Waals surface area contributed by atoms with Crippen LogP contribution in [-0.4, -0.2) is 16.7 Å². The van der Waals surface area contributed by atoms with Gasteiger partial charge < -0.3 is 9.88 Å². The first-order valence-corrected chi connectivity index (χ1v) is 4.95. The van der Waals surface area contributed by atoms with Crippen molar-refractivity contribution in [1.82, 2.24) is 9.88 Å². The Kier molecular flexibility index (Phi) is 3.55. The molecule has 1 rings (SSSR count). The molecule has 1 N–H and O–H groups in total. The molecule has 0 aliphatic carbocycles. The second kappa shape index (κ2) is 4.47. The second-order valence-corrected chi connectivity index (χ2v) is 4.11. The number of hydrogen-bond donors (Lipinski definition) is 1. The average molecular weight is 180 g/mol. The van der Waals surface area contributed by atoms with Crippen LogP contribution < -0.4 is 5.32 Å². The number of hydrogen-bond acceptors (Lipinski definition) is 1. The molecule has 0 aliphatic rings. The highest BCUT2D eigenvalue weighted by Gasteiger charge is 2.04. The van der Waals surface area contributed by atoms with E-state index in [0.29, 0.717) is 12.1 Å². The highest BCUT2D eigenvalue weighted by atomic mass is 14.9. The normalized spacial score (nSPS) is 13.6. The lowest BCUT2D eigenvalue weighted by Gasteiger charge is -2.15. The summed E-state index contributed by atoms with van der Waals surface area (Å²) >= 11 is 0. The first-order chi connectivity index (χ1) is 6.08. The van der Waals surface area contributed by atoms with Crippen LogP contribution in [0.25, 0.3) is 0 Å². The van der Waals surface area contributed by atoms with Crippen LogP contribution in [0, 0.1) is 0 Å². The van der Waals surface area contributed by atoms with E-state index >= 15 is 0 Å². The molecule has 0 saturated carbocycles. The fourth-order valence-electron chi connectivity index (χ4n) is 1.66. The highest BCUT2D eigenvalue weighted by molar-refractivity contribution is 5.11. The Morgan fingerprint density at radius 1 is 1.38 bits per heavy atom. The first-order valence-electron chi connectivity index (χ1n) is 4.95. The van der Waals surface area contributed by atoms with E-state index in [0.717, 1.165) is 6.42 Å². The minimum Gasteiger partial charge on any atom is -0.357 e. The van der Waals surface area contributed by atoms with Crippen molar-refractivity contribution in [2.75, 3.05) is 0 Å². The fourth-order valence-corrected chi connectivity index (χ4v) is 1.66. The van der Waals surface area contributed by atoms with Gasteiger partial charge in [0.05, 0.1) is 0 Å². The van der Waals surface area contributed by atoms with Gasteiger partial charge in [0.2, 0.25) is 0 Å². The molecule has 2 nitrogen and oxygen atoms in total. The molecule has 0 aliphatic heterocycles. The van der Waals surface area contributed by atoms with E-state index in [1.807, 2.05) is 0 Å². The maximum Gasteiger partial charge on any atom is 0.0106 e. The number of nitrogens with one attached hydrogen (secondary N) is 1. The molecular weight excluding hydrogens is 160 g/mol. The summed E-state index contributed by atoms with van der Waals surface area (Å²) in [7, 11) is 2.06. The zero-order valence-corrected chi connectivity index (χ0v) is 9.04. The quantitative estimate of drug-likeness (QED) is 0.749. The van der Waals surface area contributed by atoms with E-state index in [-0.39, 0.29) is 0 Å². The third-order valence-corrected chi connectivity index (χ3v) is 2.05. The Morgan fingerprint density at radius 2 is 2.08 bits per heavy atom. The van der Waals surface area contributed by atoms with Crippen LogP contribution in [0.4, 0.5) is 0 Å². The summed E-state index contributed by atoms with van der Waals surface area (Å²) in [4.78, 5) is 0. The van der Waals surface area contributed by atoms with Crippen LogP contribution in [0.5, 0.6) is 0 Å². The SMILES string of the molecule is CC(C)NC(C)Cc1ccn(C)c1. The third kappa shape index (κ3) is 3.64. The van der Waals surface area contributed by atoms with Gasteiger partial charge in [-0.3, -0.25) is 0 Å². The van der Waals surface area contributed by atoms with E-state index < -0.39 is 0 Å². The summed E-state index contributed by atoms with van der Waals surface area (Å²) in [6.45, 7) is 6.59. The molecule has 74 valence electrons. The number of rotatable bonds is 4. The minimum atomic E-state index is 0.558. The van der Waals surface area contributed by atoms with Gasteiger partial charge >= 0.3 is 0 Å². The summed E-state index contributed by atoms with van der Waals surface area (Å²) < 4.78 is 2.09. The molecule has 13 heavy (non-hydrogen) atoms.